The molecule has 5 rings (SSSR count). The Labute approximate surface area is 237 Å². The second kappa shape index (κ2) is 11.9. The number of nitrogens with one attached hydrogen (secondary N) is 2. The van der Waals surface area contributed by atoms with Crippen molar-refractivity contribution in [2.24, 2.45) is 0 Å². The third-order valence-electron chi connectivity index (χ3n) is 7.66. The van der Waals surface area contributed by atoms with Gasteiger partial charge in [-0.1, -0.05) is 5.16 Å². The van der Waals surface area contributed by atoms with Crippen LogP contribution in [0.1, 0.15) is 62.9 Å². The number of phenolic OH excluding ortho intramolecular Hbond substituents is 2. The molecule has 0 spiro atoms. The van der Waals surface area contributed by atoms with E-state index in [9.17, 15) is 23.8 Å². The molecule has 1 aliphatic heterocycles. The molecule has 11 heteroatoms. The number of carbonyl (C=O) groups is 1. The summed E-state index contributed by atoms with van der Waals surface area (Å²) in [5.41, 5.74) is 1.10. The summed E-state index contributed by atoms with van der Waals surface area (Å²) in [6.07, 6.45) is 2.31. The van der Waals surface area contributed by atoms with Crippen LogP contribution in [0.4, 0.5) is 14.5 Å². The highest BCUT2D eigenvalue weighted by Gasteiger charge is 2.38. The molecule has 0 bridgehead atoms. The van der Waals surface area contributed by atoms with Crippen LogP contribution in [0, 0.1) is 0 Å². The van der Waals surface area contributed by atoms with E-state index in [1.54, 1.807) is 12.1 Å². The van der Waals surface area contributed by atoms with Gasteiger partial charge in [-0.05, 0) is 63.8 Å². The van der Waals surface area contributed by atoms with Crippen molar-refractivity contribution in [3.63, 3.8) is 0 Å². The van der Waals surface area contributed by atoms with Crippen LogP contribution in [0.25, 0.3) is 11.3 Å². The number of phenols is 2. The van der Waals surface area contributed by atoms with Crippen molar-refractivity contribution in [2.75, 3.05) is 18.4 Å². The van der Waals surface area contributed by atoms with E-state index in [-0.39, 0.29) is 65.2 Å². The van der Waals surface area contributed by atoms with Gasteiger partial charge in [0, 0.05) is 67.9 Å². The fourth-order valence-corrected chi connectivity index (χ4v) is 5.55. The lowest BCUT2D eigenvalue weighted by atomic mass is 9.89. The number of amides is 1. The summed E-state index contributed by atoms with van der Waals surface area (Å²) >= 11 is 0. The Hall–Kier alpha value is -3.86. The maximum Gasteiger partial charge on any atom is 0.273 e. The first kappa shape index (κ1) is 28.7. The van der Waals surface area contributed by atoms with Crippen LogP contribution in [-0.4, -0.2) is 63.3 Å². The van der Waals surface area contributed by atoms with Gasteiger partial charge >= 0.3 is 0 Å². The predicted molar refractivity (Wildman–Crippen MR) is 150 cm³/mol. The molecule has 2 aromatic carbocycles. The third kappa shape index (κ3) is 7.08. The number of alkyl halides is 2. The van der Waals surface area contributed by atoms with Gasteiger partial charge in [0.05, 0.1) is 0 Å². The van der Waals surface area contributed by atoms with Crippen LogP contribution >= 0.6 is 0 Å². The first-order valence-corrected chi connectivity index (χ1v) is 14.1. The van der Waals surface area contributed by atoms with E-state index in [0.29, 0.717) is 31.4 Å². The molecule has 0 radical (unpaired) electrons. The van der Waals surface area contributed by atoms with Crippen LogP contribution in [0.2, 0.25) is 0 Å². The number of ether oxygens (including phenoxy) is 1. The normalized spacial score (nSPS) is 18.4. The zero-order chi connectivity index (χ0) is 29.1. The summed E-state index contributed by atoms with van der Waals surface area (Å²) in [5, 5.41) is 30.9. The Balaban J connectivity index is 1.22. The number of likely N-dealkylation sites (tertiary alicyclic amines) is 1. The molecule has 2 heterocycles. The van der Waals surface area contributed by atoms with Crippen LogP contribution < -0.4 is 15.4 Å². The second-order valence-electron chi connectivity index (χ2n) is 11.2. The fraction of sp³-hybridized carbons (Fsp3) is 0.467. The quantitative estimate of drug-likeness (QED) is 0.255. The van der Waals surface area contributed by atoms with Gasteiger partial charge in [-0.2, -0.15) is 0 Å². The van der Waals surface area contributed by atoms with E-state index in [2.05, 4.69) is 20.7 Å². The molecule has 9 nitrogen and oxygen atoms in total. The number of aromatic hydroxyl groups is 2. The third-order valence-corrected chi connectivity index (χ3v) is 7.66. The van der Waals surface area contributed by atoms with Crippen molar-refractivity contribution in [3.8, 4) is 34.3 Å². The molecule has 1 aromatic heterocycles. The Morgan fingerprint density at radius 2 is 1.76 bits per heavy atom. The average Bonchev–Trinajstić information content (AvgIpc) is 3.40. The molecule has 0 unspecified atom stereocenters. The Morgan fingerprint density at radius 3 is 2.41 bits per heavy atom. The number of nitrogens with zero attached hydrogens (tertiary/aromatic N) is 2. The first-order chi connectivity index (χ1) is 19.6. The van der Waals surface area contributed by atoms with Gasteiger partial charge in [-0.25, -0.2) is 8.78 Å². The number of carbonyl (C=O) groups excluding carboxylic acids is 1. The predicted octanol–water partition coefficient (Wildman–Crippen LogP) is 6.14. The molecule has 3 aromatic rings. The minimum atomic E-state index is -2.54. The number of halogens is 2. The Kier molecular flexibility index (Phi) is 8.35. The summed E-state index contributed by atoms with van der Waals surface area (Å²) < 4.78 is 38.4. The molecule has 2 aliphatic rings. The zero-order valence-corrected chi connectivity index (χ0v) is 23.2. The van der Waals surface area contributed by atoms with E-state index in [1.807, 2.05) is 26.0 Å². The number of piperidine rings is 1. The lowest BCUT2D eigenvalue weighted by Crippen LogP contribution is -2.49. The molecule has 0 atom stereocenters. The minimum absolute atomic E-state index is 0.0412. The van der Waals surface area contributed by atoms with Gasteiger partial charge in [0.15, 0.2) is 11.5 Å². The van der Waals surface area contributed by atoms with E-state index in [1.165, 1.54) is 12.1 Å². The number of hydrogen-bond acceptors (Lipinski definition) is 8. The summed E-state index contributed by atoms with van der Waals surface area (Å²) in [6.45, 7) is 5.54. The van der Waals surface area contributed by atoms with Crippen LogP contribution in [0.15, 0.2) is 47.0 Å². The van der Waals surface area contributed by atoms with Crippen molar-refractivity contribution < 1.29 is 33.0 Å². The molecule has 1 aliphatic carbocycles. The van der Waals surface area contributed by atoms with Crippen LogP contribution in [-0.2, 0) is 0 Å². The van der Waals surface area contributed by atoms with Gasteiger partial charge in [-0.15, -0.1) is 0 Å². The highest BCUT2D eigenvalue weighted by atomic mass is 19.3. The monoisotopic (exact) mass is 570 g/mol. The Morgan fingerprint density at radius 1 is 1.07 bits per heavy atom. The lowest BCUT2D eigenvalue weighted by molar-refractivity contribution is -0.0560. The topological polar surface area (TPSA) is 120 Å². The van der Waals surface area contributed by atoms with Crippen LogP contribution in [0.3, 0.4) is 0 Å². The largest absolute Gasteiger partial charge is 0.508 e. The highest BCUT2D eigenvalue weighted by molar-refractivity contribution is 5.93. The summed E-state index contributed by atoms with van der Waals surface area (Å²) in [4.78, 5) is 15.2. The van der Waals surface area contributed by atoms with Crippen molar-refractivity contribution in [1.29, 1.82) is 0 Å². The highest BCUT2D eigenvalue weighted by Crippen LogP contribution is 2.43. The fourth-order valence-electron chi connectivity index (χ4n) is 5.55. The molecular formula is C30H36F2N4O5. The summed E-state index contributed by atoms with van der Waals surface area (Å²) in [7, 11) is 0. The number of aromatic nitrogens is 1. The standard InChI is InChI=1S/C30H36F2N4O5/c1-18(2)33-19-3-5-23(6-4-19)40-26-16-22(37)15-25(38)28(26)27-17-24(35-41-27)29(39)34-20-9-13-36(14-10-20)21-7-11-30(31,32)12-8-21/h3-6,15-18,20-21,33,37-38H,7-14H2,1-2H3,(H,34,39). The van der Waals surface area contributed by atoms with Crippen LogP contribution in [0.5, 0.6) is 23.0 Å². The first-order valence-electron chi connectivity index (χ1n) is 14.1. The van der Waals surface area contributed by atoms with Crippen molar-refractivity contribution in [3.05, 3.63) is 48.2 Å². The maximum absolute atomic E-state index is 13.5. The van der Waals surface area contributed by atoms with E-state index < -0.39 is 11.8 Å². The van der Waals surface area contributed by atoms with Gasteiger partial charge in [0.1, 0.15) is 28.6 Å². The lowest BCUT2D eigenvalue weighted by Gasteiger charge is -2.40. The smallest absolute Gasteiger partial charge is 0.273 e. The van der Waals surface area contributed by atoms with Gasteiger partial charge in [0.2, 0.25) is 5.92 Å². The zero-order valence-electron chi connectivity index (χ0n) is 23.2. The SMILES string of the molecule is CC(C)Nc1ccc(Oc2cc(O)cc(O)c2-c2cc(C(=O)NC3CCN(C4CCC(F)(F)CC4)CC3)no2)cc1. The molecule has 1 saturated heterocycles. The molecule has 2 fully saturated rings. The van der Waals surface area contributed by atoms with E-state index in [4.69, 9.17) is 9.26 Å². The molecule has 41 heavy (non-hydrogen) atoms. The van der Waals surface area contributed by atoms with E-state index >= 15 is 0 Å². The molecule has 220 valence electrons. The molecular weight excluding hydrogens is 534 g/mol. The van der Waals surface area contributed by atoms with Gasteiger partial charge in [-0.3, -0.25) is 4.79 Å². The van der Waals surface area contributed by atoms with Gasteiger partial charge in [0.25, 0.3) is 5.91 Å². The maximum atomic E-state index is 13.5. The van der Waals surface area contributed by atoms with Gasteiger partial charge < -0.3 is 35.0 Å². The number of benzene rings is 2. The summed E-state index contributed by atoms with van der Waals surface area (Å²) in [6, 6.07) is 11.5. The number of hydrogen-bond donors (Lipinski definition) is 4. The minimum Gasteiger partial charge on any atom is -0.508 e. The summed E-state index contributed by atoms with van der Waals surface area (Å²) in [5.74, 6) is -2.76. The van der Waals surface area contributed by atoms with E-state index in [0.717, 1.165) is 24.8 Å². The number of rotatable bonds is 8. The molecule has 1 saturated carbocycles. The number of anilines is 1. The molecule has 4 N–H and O–H groups in total. The second-order valence-corrected chi connectivity index (χ2v) is 11.2. The van der Waals surface area contributed by atoms with Crippen molar-refractivity contribution in [1.82, 2.24) is 15.4 Å². The van der Waals surface area contributed by atoms with Crippen molar-refractivity contribution >= 4 is 11.6 Å². The Bertz CT molecular complexity index is 1340. The average molecular weight is 571 g/mol. The molecule has 1 amide bonds. The van der Waals surface area contributed by atoms with Crippen molar-refractivity contribution in [2.45, 2.75) is 76.4 Å².